The molecule has 1 N–H and O–H groups in total. The van der Waals surface area contributed by atoms with Crippen LogP contribution in [0.1, 0.15) is 13.8 Å². The summed E-state index contributed by atoms with van der Waals surface area (Å²) in [6, 6.07) is 1.02. The summed E-state index contributed by atoms with van der Waals surface area (Å²) >= 11 is 0. The summed E-state index contributed by atoms with van der Waals surface area (Å²) in [7, 11) is 0. The Hall–Kier alpha value is -1.76. The van der Waals surface area contributed by atoms with Gasteiger partial charge in [-0.05, 0) is 13.8 Å². The van der Waals surface area contributed by atoms with Crippen LogP contribution in [0.4, 0.5) is 14.5 Å². The number of rotatable bonds is 4. The molecule has 17 heavy (non-hydrogen) atoms. The van der Waals surface area contributed by atoms with Crippen LogP contribution in [-0.4, -0.2) is 22.2 Å². The average Bonchev–Trinajstić information content (AvgIpc) is 2.17. The molecule has 7 heteroatoms. The van der Waals surface area contributed by atoms with Crippen LogP contribution in [0.15, 0.2) is 12.1 Å². The van der Waals surface area contributed by atoms with Crippen molar-refractivity contribution < 1.29 is 23.5 Å². The van der Waals surface area contributed by atoms with Crippen LogP contribution >= 0.6 is 0 Å². The van der Waals surface area contributed by atoms with E-state index in [1.807, 2.05) is 0 Å². The normalized spacial score (nSPS) is 11.4. The zero-order chi connectivity index (χ0) is 13.2. The second kappa shape index (κ2) is 4.62. The molecule has 0 saturated heterocycles. The first-order valence-corrected chi connectivity index (χ1v) is 4.69. The van der Waals surface area contributed by atoms with Crippen LogP contribution in [0.3, 0.4) is 0 Å². The van der Waals surface area contributed by atoms with Crippen molar-refractivity contribution in [2.24, 2.45) is 0 Å². The van der Waals surface area contributed by atoms with Crippen molar-refractivity contribution in [3.63, 3.8) is 0 Å². The molecule has 0 amide bonds. The molecule has 0 atom stereocenters. The van der Waals surface area contributed by atoms with E-state index in [0.717, 1.165) is 0 Å². The lowest BCUT2D eigenvalue weighted by Crippen LogP contribution is -2.28. The zero-order valence-corrected chi connectivity index (χ0v) is 9.24. The second-order valence-electron chi connectivity index (χ2n) is 4.09. The Morgan fingerprint density at radius 3 is 2.47 bits per heavy atom. The minimum atomic E-state index is -1.22. The molecule has 0 aliphatic heterocycles. The van der Waals surface area contributed by atoms with Crippen molar-refractivity contribution in [1.82, 2.24) is 0 Å². The van der Waals surface area contributed by atoms with E-state index in [1.165, 1.54) is 13.8 Å². The number of nitro groups is 1. The summed E-state index contributed by atoms with van der Waals surface area (Å²) in [5.74, 6) is -2.72. The third-order valence-corrected chi connectivity index (χ3v) is 1.78. The van der Waals surface area contributed by atoms with E-state index in [1.54, 1.807) is 0 Å². The van der Waals surface area contributed by atoms with Gasteiger partial charge in [-0.1, -0.05) is 0 Å². The van der Waals surface area contributed by atoms with Gasteiger partial charge in [0.1, 0.15) is 6.61 Å². The van der Waals surface area contributed by atoms with E-state index in [2.05, 4.69) is 0 Å². The summed E-state index contributed by atoms with van der Waals surface area (Å²) in [5.41, 5.74) is -2.18. The molecule has 0 aliphatic carbocycles. The maximum absolute atomic E-state index is 13.3. The molecule has 0 spiro atoms. The predicted octanol–water partition coefficient (Wildman–Crippen LogP) is 2.02. The summed E-state index contributed by atoms with van der Waals surface area (Å²) in [5, 5.41) is 19.7. The number of benzene rings is 1. The summed E-state index contributed by atoms with van der Waals surface area (Å²) < 4.78 is 31.3. The highest BCUT2D eigenvalue weighted by molar-refractivity contribution is 5.39. The first kappa shape index (κ1) is 13.3. The fourth-order valence-corrected chi connectivity index (χ4v) is 1.02. The first-order valence-electron chi connectivity index (χ1n) is 4.69. The number of nitro benzene ring substituents is 1. The van der Waals surface area contributed by atoms with Gasteiger partial charge in [0.25, 0.3) is 0 Å². The maximum atomic E-state index is 13.3. The van der Waals surface area contributed by atoms with E-state index in [0.29, 0.717) is 12.1 Å². The predicted molar refractivity (Wildman–Crippen MR) is 54.8 cm³/mol. The molecular weight excluding hydrogens is 236 g/mol. The van der Waals surface area contributed by atoms with Gasteiger partial charge in [-0.25, -0.2) is 4.39 Å². The van der Waals surface area contributed by atoms with Gasteiger partial charge < -0.3 is 9.84 Å². The molecule has 94 valence electrons. The molecular formula is C10H11F2NO4. The maximum Gasteiger partial charge on any atom is 0.307 e. The number of halogens is 2. The van der Waals surface area contributed by atoms with Crippen LogP contribution in [-0.2, 0) is 0 Å². The fourth-order valence-electron chi connectivity index (χ4n) is 1.02. The number of nitrogens with zero attached hydrogens (tertiary/aromatic N) is 1. The van der Waals surface area contributed by atoms with Crippen molar-refractivity contribution in [3.05, 3.63) is 33.9 Å². The lowest BCUT2D eigenvalue weighted by atomic mass is 10.2. The minimum absolute atomic E-state index is 0.263. The minimum Gasteiger partial charge on any atom is -0.487 e. The van der Waals surface area contributed by atoms with E-state index in [9.17, 15) is 24.0 Å². The monoisotopic (exact) mass is 247 g/mol. The van der Waals surface area contributed by atoms with Crippen molar-refractivity contribution in [2.75, 3.05) is 6.61 Å². The Labute approximate surface area is 95.8 Å². The number of hydrogen-bond donors (Lipinski definition) is 1. The molecule has 1 rings (SSSR count). The topological polar surface area (TPSA) is 72.6 Å². The van der Waals surface area contributed by atoms with Gasteiger partial charge in [-0.15, -0.1) is 0 Å². The standard InChI is InChI=1S/C10H11F2NO4/c1-10(2,14)5-17-9-4-6(11)8(13(15)16)3-7(9)12/h3-4,14H,5H2,1-2H3. The number of aliphatic hydroxyl groups is 1. The van der Waals surface area contributed by atoms with Gasteiger partial charge in [0.05, 0.1) is 16.6 Å². The molecule has 0 unspecified atom stereocenters. The molecule has 0 saturated carbocycles. The number of hydrogen-bond acceptors (Lipinski definition) is 4. The average molecular weight is 247 g/mol. The fraction of sp³-hybridized carbons (Fsp3) is 0.400. The summed E-state index contributed by atoms with van der Waals surface area (Å²) in [6.07, 6.45) is 0. The smallest absolute Gasteiger partial charge is 0.307 e. The summed E-state index contributed by atoms with van der Waals surface area (Å²) in [4.78, 5) is 9.29. The Balaban J connectivity index is 2.96. The van der Waals surface area contributed by atoms with Crippen molar-refractivity contribution >= 4 is 5.69 Å². The van der Waals surface area contributed by atoms with Crippen LogP contribution in [0, 0.1) is 21.7 Å². The SMILES string of the molecule is CC(C)(O)COc1cc(F)c([N+](=O)[O-])cc1F. The molecule has 5 nitrogen and oxygen atoms in total. The van der Waals surface area contributed by atoms with Gasteiger partial charge >= 0.3 is 5.69 Å². The highest BCUT2D eigenvalue weighted by Crippen LogP contribution is 2.26. The van der Waals surface area contributed by atoms with E-state index in [4.69, 9.17) is 4.74 Å². The van der Waals surface area contributed by atoms with Crippen LogP contribution in [0.25, 0.3) is 0 Å². The lowest BCUT2D eigenvalue weighted by Gasteiger charge is -2.17. The Morgan fingerprint density at radius 1 is 1.41 bits per heavy atom. The molecule has 1 aromatic rings. The molecule has 0 heterocycles. The quantitative estimate of drug-likeness (QED) is 0.652. The van der Waals surface area contributed by atoms with E-state index < -0.39 is 33.6 Å². The Kier molecular flexibility index (Phi) is 3.62. The third kappa shape index (κ3) is 3.63. The highest BCUT2D eigenvalue weighted by atomic mass is 19.1. The first-order chi connectivity index (χ1) is 7.70. The second-order valence-corrected chi connectivity index (χ2v) is 4.09. The zero-order valence-electron chi connectivity index (χ0n) is 9.24. The van der Waals surface area contributed by atoms with Crippen molar-refractivity contribution in [1.29, 1.82) is 0 Å². The molecule has 1 aromatic carbocycles. The van der Waals surface area contributed by atoms with Gasteiger partial charge in [-0.2, -0.15) is 4.39 Å². The largest absolute Gasteiger partial charge is 0.487 e. The van der Waals surface area contributed by atoms with Gasteiger partial charge in [0.2, 0.25) is 5.82 Å². The molecule has 0 aliphatic rings. The summed E-state index contributed by atoms with van der Waals surface area (Å²) in [6.45, 7) is 2.58. The molecule has 0 bridgehead atoms. The van der Waals surface area contributed by atoms with Crippen LogP contribution in [0.2, 0.25) is 0 Å². The van der Waals surface area contributed by atoms with E-state index in [-0.39, 0.29) is 6.61 Å². The third-order valence-electron chi connectivity index (χ3n) is 1.78. The van der Waals surface area contributed by atoms with Crippen LogP contribution < -0.4 is 4.74 Å². The Morgan fingerprint density at radius 2 is 2.00 bits per heavy atom. The van der Waals surface area contributed by atoms with E-state index >= 15 is 0 Å². The molecule has 0 aromatic heterocycles. The van der Waals surface area contributed by atoms with Crippen molar-refractivity contribution in [3.8, 4) is 5.75 Å². The van der Waals surface area contributed by atoms with Crippen molar-refractivity contribution in [2.45, 2.75) is 19.4 Å². The highest BCUT2D eigenvalue weighted by Gasteiger charge is 2.21. The van der Waals surface area contributed by atoms with Gasteiger partial charge in [0.15, 0.2) is 11.6 Å². The van der Waals surface area contributed by atoms with Crippen LogP contribution in [0.5, 0.6) is 5.75 Å². The van der Waals surface area contributed by atoms with Gasteiger partial charge in [-0.3, -0.25) is 10.1 Å². The molecule has 0 radical (unpaired) electrons. The molecule has 0 fully saturated rings. The Bertz CT molecular complexity index is 443. The van der Waals surface area contributed by atoms with Gasteiger partial charge in [0, 0.05) is 6.07 Å². The number of ether oxygens (including phenoxy) is 1. The lowest BCUT2D eigenvalue weighted by molar-refractivity contribution is -0.387.